The number of nitrogens with zero attached hydrogens (tertiary/aromatic N) is 2. The number of carbonyl (C=O) groups excluding carboxylic acids is 1. The lowest BCUT2D eigenvalue weighted by Gasteiger charge is -2.28. The molecule has 0 saturated carbocycles. The van der Waals surface area contributed by atoms with Crippen molar-refractivity contribution in [2.45, 2.75) is 32.6 Å². The van der Waals surface area contributed by atoms with Crippen LogP contribution >= 0.6 is 0 Å². The Labute approximate surface area is 113 Å². The van der Waals surface area contributed by atoms with E-state index in [1.54, 1.807) is 0 Å². The summed E-state index contributed by atoms with van der Waals surface area (Å²) in [7, 11) is 0. The lowest BCUT2D eigenvalue weighted by atomic mass is 9.85. The molecule has 2 atom stereocenters. The second-order valence-electron chi connectivity index (χ2n) is 5.32. The first-order valence-corrected chi connectivity index (χ1v) is 7.07. The molecule has 2 heterocycles. The number of hydrogen-bond acceptors (Lipinski definition) is 4. The van der Waals surface area contributed by atoms with E-state index >= 15 is 0 Å². The number of piperidine rings is 1. The van der Waals surface area contributed by atoms with Crippen LogP contribution in [0.3, 0.4) is 0 Å². The van der Waals surface area contributed by atoms with Crippen LogP contribution < -0.4 is 10.6 Å². The Morgan fingerprint density at radius 2 is 2.53 bits per heavy atom. The molecule has 2 unspecified atom stereocenters. The van der Waals surface area contributed by atoms with Gasteiger partial charge in [0.05, 0.1) is 0 Å². The fraction of sp³-hybridized carbons (Fsp3) is 0.769. The van der Waals surface area contributed by atoms with Crippen LogP contribution in [0.4, 0.5) is 0 Å². The Hall–Kier alpha value is -1.43. The van der Waals surface area contributed by atoms with Gasteiger partial charge in [0.25, 0.3) is 0 Å². The molecule has 1 aromatic rings. The standard InChI is InChI=1S/C13H23N5O/c1-10(11-3-2-5-14-8-11)7-13(19)15-6-4-12-16-9-17-18-12/h9-11,14H,2-8H2,1H3,(H,15,19)(H,16,17,18). The molecule has 1 aliphatic heterocycles. The van der Waals surface area contributed by atoms with Crippen molar-refractivity contribution in [1.82, 2.24) is 25.8 Å². The van der Waals surface area contributed by atoms with Gasteiger partial charge in [0.2, 0.25) is 5.91 Å². The average molecular weight is 265 g/mol. The summed E-state index contributed by atoms with van der Waals surface area (Å²) in [5, 5.41) is 12.9. The fourth-order valence-corrected chi connectivity index (χ4v) is 2.57. The summed E-state index contributed by atoms with van der Waals surface area (Å²) in [6.45, 7) is 4.95. The first kappa shape index (κ1) is 14.0. The zero-order valence-corrected chi connectivity index (χ0v) is 11.5. The minimum absolute atomic E-state index is 0.137. The second kappa shape index (κ2) is 7.23. The van der Waals surface area contributed by atoms with Crippen LogP contribution in [0.15, 0.2) is 6.33 Å². The normalized spacial score (nSPS) is 21.0. The largest absolute Gasteiger partial charge is 0.356 e. The van der Waals surface area contributed by atoms with Crippen molar-refractivity contribution in [1.29, 1.82) is 0 Å². The van der Waals surface area contributed by atoms with E-state index < -0.39 is 0 Å². The number of carbonyl (C=O) groups is 1. The molecule has 6 heteroatoms. The van der Waals surface area contributed by atoms with Crippen molar-refractivity contribution in [2.24, 2.45) is 11.8 Å². The van der Waals surface area contributed by atoms with Crippen LogP contribution in [0, 0.1) is 11.8 Å². The zero-order chi connectivity index (χ0) is 13.5. The van der Waals surface area contributed by atoms with Gasteiger partial charge in [-0.3, -0.25) is 9.89 Å². The molecule has 106 valence electrons. The SMILES string of the molecule is CC(CC(=O)NCCc1ncn[nH]1)C1CCCNC1. The molecule has 0 spiro atoms. The molecule has 1 aliphatic rings. The van der Waals surface area contributed by atoms with E-state index in [-0.39, 0.29) is 5.91 Å². The molecular weight excluding hydrogens is 242 g/mol. The van der Waals surface area contributed by atoms with Crippen molar-refractivity contribution in [3.8, 4) is 0 Å². The molecule has 0 aliphatic carbocycles. The van der Waals surface area contributed by atoms with Gasteiger partial charge in [0, 0.05) is 19.4 Å². The molecular formula is C13H23N5O. The minimum Gasteiger partial charge on any atom is -0.356 e. The monoisotopic (exact) mass is 265 g/mol. The van der Waals surface area contributed by atoms with E-state index in [9.17, 15) is 4.79 Å². The molecule has 0 bridgehead atoms. The van der Waals surface area contributed by atoms with Crippen LogP contribution in [0.1, 0.15) is 32.0 Å². The van der Waals surface area contributed by atoms with Crippen LogP contribution in [0.5, 0.6) is 0 Å². The average Bonchev–Trinajstić information content (AvgIpc) is 2.93. The van der Waals surface area contributed by atoms with Crippen LogP contribution in [-0.2, 0) is 11.2 Å². The van der Waals surface area contributed by atoms with Crippen molar-refractivity contribution >= 4 is 5.91 Å². The van der Waals surface area contributed by atoms with E-state index in [4.69, 9.17) is 0 Å². The van der Waals surface area contributed by atoms with Gasteiger partial charge in [-0.2, -0.15) is 5.10 Å². The van der Waals surface area contributed by atoms with E-state index in [1.807, 2.05) is 0 Å². The first-order chi connectivity index (χ1) is 9.25. The maximum Gasteiger partial charge on any atom is 0.220 e. The highest BCUT2D eigenvalue weighted by atomic mass is 16.1. The number of aromatic amines is 1. The minimum atomic E-state index is 0.137. The lowest BCUT2D eigenvalue weighted by molar-refractivity contribution is -0.122. The molecule has 6 nitrogen and oxygen atoms in total. The highest BCUT2D eigenvalue weighted by Gasteiger charge is 2.21. The Bertz CT molecular complexity index is 372. The molecule has 1 amide bonds. The van der Waals surface area contributed by atoms with E-state index in [0.29, 0.717) is 31.2 Å². The molecule has 0 radical (unpaired) electrons. The van der Waals surface area contributed by atoms with Crippen LogP contribution in [0.25, 0.3) is 0 Å². The van der Waals surface area contributed by atoms with Crippen molar-refractivity contribution in [2.75, 3.05) is 19.6 Å². The summed E-state index contributed by atoms with van der Waals surface area (Å²) in [5.41, 5.74) is 0. The Morgan fingerprint density at radius 3 is 3.21 bits per heavy atom. The lowest BCUT2D eigenvalue weighted by Crippen LogP contribution is -2.36. The summed E-state index contributed by atoms with van der Waals surface area (Å²) in [5.74, 6) is 2.02. The van der Waals surface area contributed by atoms with Crippen molar-refractivity contribution < 1.29 is 4.79 Å². The predicted molar refractivity (Wildman–Crippen MR) is 72.5 cm³/mol. The number of H-pyrrole nitrogens is 1. The number of nitrogens with one attached hydrogen (secondary N) is 3. The van der Waals surface area contributed by atoms with Gasteiger partial charge in [-0.25, -0.2) is 4.98 Å². The summed E-state index contributed by atoms with van der Waals surface area (Å²) < 4.78 is 0. The van der Waals surface area contributed by atoms with E-state index in [0.717, 1.165) is 18.9 Å². The van der Waals surface area contributed by atoms with Gasteiger partial charge >= 0.3 is 0 Å². The number of amides is 1. The zero-order valence-electron chi connectivity index (χ0n) is 11.5. The fourth-order valence-electron chi connectivity index (χ4n) is 2.57. The topological polar surface area (TPSA) is 82.7 Å². The molecule has 1 saturated heterocycles. The molecule has 1 fully saturated rings. The summed E-state index contributed by atoms with van der Waals surface area (Å²) in [6.07, 6.45) is 5.25. The van der Waals surface area contributed by atoms with E-state index in [1.165, 1.54) is 19.2 Å². The third kappa shape index (κ3) is 4.63. The molecule has 19 heavy (non-hydrogen) atoms. The highest BCUT2D eigenvalue weighted by Crippen LogP contribution is 2.22. The van der Waals surface area contributed by atoms with Crippen LogP contribution in [-0.4, -0.2) is 40.7 Å². The third-order valence-electron chi connectivity index (χ3n) is 3.80. The Kier molecular flexibility index (Phi) is 5.32. The quantitative estimate of drug-likeness (QED) is 0.699. The molecule has 0 aromatic carbocycles. The van der Waals surface area contributed by atoms with Gasteiger partial charge < -0.3 is 10.6 Å². The molecule has 1 aromatic heterocycles. The second-order valence-corrected chi connectivity index (χ2v) is 5.32. The third-order valence-corrected chi connectivity index (χ3v) is 3.80. The van der Waals surface area contributed by atoms with Crippen LogP contribution in [0.2, 0.25) is 0 Å². The van der Waals surface area contributed by atoms with Gasteiger partial charge in [0.15, 0.2) is 0 Å². The van der Waals surface area contributed by atoms with E-state index in [2.05, 4.69) is 32.7 Å². The number of rotatable bonds is 6. The number of hydrogen-bond donors (Lipinski definition) is 3. The van der Waals surface area contributed by atoms with Gasteiger partial charge in [-0.15, -0.1) is 0 Å². The number of aromatic nitrogens is 3. The summed E-state index contributed by atoms with van der Waals surface area (Å²) >= 11 is 0. The summed E-state index contributed by atoms with van der Waals surface area (Å²) in [6, 6.07) is 0. The molecule has 2 rings (SSSR count). The smallest absolute Gasteiger partial charge is 0.220 e. The molecule has 3 N–H and O–H groups in total. The first-order valence-electron chi connectivity index (χ1n) is 7.07. The maximum absolute atomic E-state index is 11.8. The van der Waals surface area contributed by atoms with Gasteiger partial charge in [-0.1, -0.05) is 6.92 Å². The maximum atomic E-state index is 11.8. The van der Waals surface area contributed by atoms with Crippen molar-refractivity contribution in [3.63, 3.8) is 0 Å². The highest BCUT2D eigenvalue weighted by molar-refractivity contribution is 5.76. The van der Waals surface area contributed by atoms with Gasteiger partial charge in [-0.05, 0) is 37.8 Å². The summed E-state index contributed by atoms with van der Waals surface area (Å²) in [4.78, 5) is 15.9. The predicted octanol–water partition coefficient (Wildman–Crippen LogP) is 0.489. The van der Waals surface area contributed by atoms with Gasteiger partial charge in [0.1, 0.15) is 12.2 Å². The Morgan fingerprint density at radius 1 is 1.63 bits per heavy atom. The van der Waals surface area contributed by atoms with Crippen molar-refractivity contribution in [3.05, 3.63) is 12.2 Å². The Balaban J connectivity index is 1.63.